The number of tetrazole rings is 1. The van der Waals surface area contributed by atoms with Crippen LogP contribution < -0.4 is 0 Å². The zero-order valence-corrected chi connectivity index (χ0v) is 11.2. The summed E-state index contributed by atoms with van der Waals surface area (Å²) < 4.78 is 1.26. The van der Waals surface area contributed by atoms with Crippen LogP contribution in [-0.4, -0.2) is 36.3 Å². The van der Waals surface area contributed by atoms with Crippen LogP contribution in [0.2, 0.25) is 0 Å². The Morgan fingerprint density at radius 3 is 3.11 bits per heavy atom. The molecule has 2 heterocycles. The minimum atomic E-state index is -0.967. The van der Waals surface area contributed by atoms with Gasteiger partial charge in [-0.1, -0.05) is 18.7 Å². The second-order valence-electron chi connectivity index (χ2n) is 3.39. The fourth-order valence-corrected chi connectivity index (χ4v) is 2.86. The molecule has 0 aliphatic rings. The molecule has 18 heavy (non-hydrogen) atoms. The molecule has 0 unspecified atom stereocenters. The van der Waals surface area contributed by atoms with E-state index in [-0.39, 0.29) is 6.54 Å². The van der Waals surface area contributed by atoms with Crippen LogP contribution in [0.1, 0.15) is 17.6 Å². The predicted octanol–water partition coefficient (Wildman–Crippen LogP) is 1.07. The fraction of sp³-hybridized carbons (Fsp3) is 0.444. The van der Waals surface area contributed by atoms with Crippen molar-refractivity contribution < 1.29 is 9.90 Å². The van der Waals surface area contributed by atoms with Crippen LogP contribution in [0.5, 0.6) is 0 Å². The molecule has 0 saturated heterocycles. The summed E-state index contributed by atoms with van der Waals surface area (Å²) in [5, 5.41) is 23.2. The van der Waals surface area contributed by atoms with Gasteiger partial charge in [-0.05, 0) is 16.8 Å². The number of carboxylic acids is 1. The molecule has 9 heteroatoms. The first-order valence-corrected chi connectivity index (χ1v) is 7.09. The average Bonchev–Trinajstić information content (AvgIpc) is 2.94. The molecule has 7 nitrogen and oxygen atoms in total. The largest absolute Gasteiger partial charge is 0.480 e. The molecule has 1 N–H and O–H groups in total. The number of thiazole rings is 1. The van der Waals surface area contributed by atoms with E-state index in [1.54, 1.807) is 11.3 Å². The van der Waals surface area contributed by atoms with E-state index in [4.69, 9.17) is 5.11 Å². The van der Waals surface area contributed by atoms with Crippen LogP contribution in [-0.2, 0) is 23.5 Å². The normalized spacial score (nSPS) is 10.7. The smallest absolute Gasteiger partial charge is 0.325 e. The number of aliphatic carboxylic acids is 1. The number of hydrogen-bond donors (Lipinski definition) is 1. The summed E-state index contributed by atoms with van der Waals surface area (Å²) in [4.78, 5) is 15.0. The standard InChI is InChI=1S/C9H11N5O2S2/c1-2-7-10-6(4-17-7)5-18-9-11-12-13-14(9)3-8(15)16/h4H,2-3,5H2,1H3,(H,15,16). The summed E-state index contributed by atoms with van der Waals surface area (Å²) in [5.74, 6) is -0.331. The van der Waals surface area contributed by atoms with E-state index >= 15 is 0 Å². The number of hydrogen-bond acceptors (Lipinski definition) is 7. The Labute approximate surface area is 111 Å². The van der Waals surface area contributed by atoms with Crippen molar-refractivity contribution in [2.75, 3.05) is 0 Å². The summed E-state index contributed by atoms with van der Waals surface area (Å²) in [5.41, 5.74) is 0.965. The van der Waals surface area contributed by atoms with Crippen molar-refractivity contribution in [1.82, 2.24) is 25.2 Å². The van der Waals surface area contributed by atoms with Crippen molar-refractivity contribution in [3.05, 3.63) is 16.1 Å². The summed E-state index contributed by atoms with van der Waals surface area (Å²) in [6, 6.07) is 0. The number of rotatable bonds is 6. The molecule has 0 aliphatic carbocycles. The van der Waals surface area contributed by atoms with Crippen LogP contribution in [0.25, 0.3) is 0 Å². The lowest BCUT2D eigenvalue weighted by Gasteiger charge is -1.99. The maximum absolute atomic E-state index is 10.6. The summed E-state index contributed by atoms with van der Waals surface area (Å²) in [6.45, 7) is 1.83. The van der Waals surface area contributed by atoms with Crippen molar-refractivity contribution in [1.29, 1.82) is 0 Å². The fourth-order valence-electron chi connectivity index (χ4n) is 1.24. The minimum absolute atomic E-state index is 0.230. The van der Waals surface area contributed by atoms with Gasteiger partial charge in [-0.2, -0.15) is 0 Å². The van der Waals surface area contributed by atoms with Gasteiger partial charge in [0.25, 0.3) is 0 Å². The van der Waals surface area contributed by atoms with E-state index in [1.165, 1.54) is 16.4 Å². The van der Waals surface area contributed by atoms with E-state index in [9.17, 15) is 4.79 Å². The summed E-state index contributed by atoms with van der Waals surface area (Å²) >= 11 is 3.00. The van der Waals surface area contributed by atoms with Crippen LogP contribution in [0.3, 0.4) is 0 Å². The Balaban J connectivity index is 1.97. The average molecular weight is 285 g/mol. The highest BCUT2D eigenvalue weighted by molar-refractivity contribution is 7.98. The van der Waals surface area contributed by atoms with Gasteiger partial charge in [0.15, 0.2) is 0 Å². The third-order valence-corrected chi connectivity index (χ3v) is 4.07. The van der Waals surface area contributed by atoms with Gasteiger partial charge in [-0.15, -0.1) is 16.4 Å². The lowest BCUT2D eigenvalue weighted by Crippen LogP contribution is -2.11. The lowest BCUT2D eigenvalue weighted by atomic mass is 10.5. The molecule has 0 radical (unpaired) electrons. The van der Waals surface area contributed by atoms with E-state index in [2.05, 4.69) is 27.4 Å². The topological polar surface area (TPSA) is 93.8 Å². The van der Waals surface area contributed by atoms with Gasteiger partial charge < -0.3 is 5.11 Å². The molecule has 96 valence electrons. The number of aryl methyl sites for hydroxylation is 1. The molecule has 2 aromatic rings. The molecule has 0 saturated carbocycles. The molecule has 0 atom stereocenters. The number of thioether (sulfide) groups is 1. The Kier molecular flexibility index (Phi) is 4.26. The molecule has 0 aliphatic heterocycles. The highest BCUT2D eigenvalue weighted by Crippen LogP contribution is 2.21. The zero-order valence-electron chi connectivity index (χ0n) is 9.61. The minimum Gasteiger partial charge on any atom is -0.480 e. The van der Waals surface area contributed by atoms with Crippen molar-refractivity contribution >= 4 is 29.1 Å². The first kappa shape index (κ1) is 13.0. The predicted molar refractivity (Wildman–Crippen MR) is 66.5 cm³/mol. The Morgan fingerprint density at radius 1 is 1.61 bits per heavy atom. The number of carboxylic acid groups (broad SMARTS) is 1. The van der Waals surface area contributed by atoms with Crippen molar-refractivity contribution in [2.45, 2.75) is 30.8 Å². The summed E-state index contributed by atoms with van der Waals surface area (Å²) in [6.07, 6.45) is 0.923. The second-order valence-corrected chi connectivity index (χ2v) is 5.27. The third-order valence-electron chi connectivity index (χ3n) is 2.03. The Morgan fingerprint density at radius 2 is 2.44 bits per heavy atom. The maximum Gasteiger partial charge on any atom is 0.325 e. The summed E-state index contributed by atoms with van der Waals surface area (Å²) in [7, 11) is 0. The van der Waals surface area contributed by atoms with Crippen LogP contribution in [0, 0.1) is 0 Å². The van der Waals surface area contributed by atoms with E-state index in [0.29, 0.717) is 10.9 Å². The third kappa shape index (κ3) is 3.26. The van der Waals surface area contributed by atoms with Gasteiger partial charge in [-0.25, -0.2) is 9.67 Å². The molecular formula is C9H11N5O2S2. The van der Waals surface area contributed by atoms with Crippen molar-refractivity contribution in [3.8, 4) is 0 Å². The highest BCUT2D eigenvalue weighted by atomic mass is 32.2. The van der Waals surface area contributed by atoms with Crippen molar-refractivity contribution in [2.24, 2.45) is 0 Å². The molecule has 2 aromatic heterocycles. The van der Waals surface area contributed by atoms with Gasteiger partial charge in [0.1, 0.15) is 6.54 Å². The van der Waals surface area contributed by atoms with Crippen LogP contribution in [0.15, 0.2) is 10.5 Å². The van der Waals surface area contributed by atoms with E-state index in [0.717, 1.165) is 17.1 Å². The molecular weight excluding hydrogens is 274 g/mol. The first-order valence-electron chi connectivity index (χ1n) is 5.23. The molecule has 0 spiro atoms. The van der Waals surface area contributed by atoms with Crippen LogP contribution >= 0.6 is 23.1 Å². The molecule has 0 bridgehead atoms. The Bertz CT molecular complexity index is 539. The van der Waals surface area contributed by atoms with Gasteiger partial charge in [0.2, 0.25) is 5.16 Å². The molecule has 0 fully saturated rings. The van der Waals surface area contributed by atoms with Crippen molar-refractivity contribution in [3.63, 3.8) is 0 Å². The number of nitrogens with zero attached hydrogens (tertiary/aromatic N) is 5. The monoisotopic (exact) mass is 285 g/mol. The van der Waals surface area contributed by atoms with Gasteiger partial charge in [-0.3, -0.25) is 4.79 Å². The highest BCUT2D eigenvalue weighted by Gasteiger charge is 2.11. The Hall–Kier alpha value is -1.48. The molecule has 0 aromatic carbocycles. The van der Waals surface area contributed by atoms with Gasteiger partial charge in [0.05, 0.1) is 10.7 Å². The molecule has 0 amide bonds. The van der Waals surface area contributed by atoms with E-state index in [1.807, 2.05) is 5.38 Å². The first-order chi connectivity index (χ1) is 8.69. The number of carbonyl (C=O) groups is 1. The van der Waals surface area contributed by atoms with Crippen LogP contribution in [0.4, 0.5) is 0 Å². The van der Waals surface area contributed by atoms with Gasteiger partial charge >= 0.3 is 5.97 Å². The second kappa shape index (κ2) is 5.91. The SMILES string of the molecule is CCc1nc(CSc2nnnn2CC(=O)O)cs1. The van der Waals surface area contributed by atoms with E-state index < -0.39 is 5.97 Å². The number of aromatic nitrogens is 5. The molecule has 2 rings (SSSR count). The maximum atomic E-state index is 10.6. The van der Waals surface area contributed by atoms with Gasteiger partial charge in [0, 0.05) is 11.1 Å². The lowest BCUT2D eigenvalue weighted by molar-refractivity contribution is -0.138. The quantitative estimate of drug-likeness (QED) is 0.793. The zero-order chi connectivity index (χ0) is 13.0.